The van der Waals surface area contributed by atoms with Gasteiger partial charge in [-0.25, -0.2) is 4.68 Å². The largest absolute Gasteiger partial charge is 0.395 e. The van der Waals surface area contributed by atoms with Gasteiger partial charge in [0.25, 0.3) is 0 Å². The maximum atomic E-state index is 5.79. The maximum absolute atomic E-state index is 5.79. The van der Waals surface area contributed by atoms with Crippen molar-refractivity contribution in [3.05, 3.63) is 36.5 Å². The summed E-state index contributed by atoms with van der Waals surface area (Å²) in [5.41, 5.74) is 7.54. The number of hydrogen-bond donors (Lipinski definition) is 1. The summed E-state index contributed by atoms with van der Waals surface area (Å²) in [5.74, 6) is 0. The van der Waals surface area contributed by atoms with Crippen LogP contribution in [0.25, 0.3) is 5.69 Å². The lowest BCUT2D eigenvalue weighted by Crippen LogP contribution is -1.93. The van der Waals surface area contributed by atoms with Crippen LogP contribution in [0.1, 0.15) is 0 Å². The van der Waals surface area contributed by atoms with Crippen LogP contribution in [0.5, 0.6) is 0 Å². The standard InChI is InChI=1S/C10H11N3S/c1-14-10-9(11)7-13(12-10)8-5-3-2-4-6-8/h2-7H,11H2,1H3. The van der Waals surface area contributed by atoms with Crippen molar-refractivity contribution in [3.8, 4) is 5.69 Å². The Balaban J connectivity index is 2.43. The highest BCUT2D eigenvalue weighted by Crippen LogP contribution is 2.21. The van der Waals surface area contributed by atoms with Gasteiger partial charge in [0, 0.05) is 0 Å². The van der Waals surface area contributed by atoms with Gasteiger partial charge >= 0.3 is 0 Å². The topological polar surface area (TPSA) is 43.8 Å². The summed E-state index contributed by atoms with van der Waals surface area (Å²) in [7, 11) is 0. The molecule has 0 saturated carbocycles. The summed E-state index contributed by atoms with van der Waals surface area (Å²) in [6, 6.07) is 9.93. The number of thioether (sulfide) groups is 1. The van der Waals surface area contributed by atoms with Crippen LogP contribution in [0, 0.1) is 0 Å². The number of hydrogen-bond acceptors (Lipinski definition) is 3. The van der Waals surface area contributed by atoms with E-state index in [1.165, 1.54) is 0 Å². The summed E-state index contributed by atoms with van der Waals surface area (Å²) >= 11 is 1.55. The highest BCUT2D eigenvalue weighted by atomic mass is 32.2. The Labute approximate surface area is 86.9 Å². The fraction of sp³-hybridized carbons (Fsp3) is 0.100. The van der Waals surface area contributed by atoms with Gasteiger partial charge in [0.05, 0.1) is 17.6 Å². The number of anilines is 1. The molecule has 0 aliphatic heterocycles. The molecule has 1 heterocycles. The minimum atomic E-state index is 0.723. The van der Waals surface area contributed by atoms with Crippen molar-refractivity contribution in [2.24, 2.45) is 0 Å². The van der Waals surface area contributed by atoms with Gasteiger partial charge in [-0.3, -0.25) is 0 Å². The number of aromatic nitrogens is 2. The zero-order chi connectivity index (χ0) is 9.97. The molecule has 2 N–H and O–H groups in total. The molecule has 0 saturated heterocycles. The highest BCUT2D eigenvalue weighted by molar-refractivity contribution is 7.98. The third-order valence-corrected chi connectivity index (χ3v) is 2.63. The van der Waals surface area contributed by atoms with Crippen molar-refractivity contribution in [1.82, 2.24) is 9.78 Å². The van der Waals surface area contributed by atoms with E-state index in [9.17, 15) is 0 Å². The van der Waals surface area contributed by atoms with Gasteiger partial charge in [0.15, 0.2) is 0 Å². The molecular formula is C10H11N3S. The van der Waals surface area contributed by atoms with Gasteiger partial charge in [0.1, 0.15) is 5.03 Å². The molecular weight excluding hydrogens is 194 g/mol. The van der Waals surface area contributed by atoms with Crippen molar-refractivity contribution in [2.45, 2.75) is 5.03 Å². The van der Waals surface area contributed by atoms with E-state index in [1.807, 2.05) is 42.8 Å². The molecule has 72 valence electrons. The Hall–Kier alpha value is -1.42. The normalized spacial score (nSPS) is 10.4. The fourth-order valence-electron chi connectivity index (χ4n) is 1.24. The molecule has 14 heavy (non-hydrogen) atoms. The third kappa shape index (κ3) is 1.61. The Morgan fingerprint density at radius 1 is 1.29 bits per heavy atom. The SMILES string of the molecule is CSc1nn(-c2ccccc2)cc1N. The van der Waals surface area contributed by atoms with Crippen LogP contribution in [0.4, 0.5) is 5.69 Å². The Morgan fingerprint density at radius 3 is 2.57 bits per heavy atom. The van der Waals surface area contributed by atoms with Gasteiger partial charge in [-0.2, -0.15) is 5.10 Å². The van der Waals surface area contributed by atoms with E-state index >= 15 is 0 Å². The summed E-state index contributed by atoms with van der Waals surface area (Å²) in [4.78, 5) is 0. The highest BCUT2D eigenvalue weighted by Gasteiger charge is 2.04. The number of rotatable bonds is 2. The molecule has 1 aromatic carbocycles. The van der Waals surface area contributed by atoms with Crippen LogP contribution in [-0.2, 0) is 0 Å². The lowest BCUT2D eigenvalue weighted by Gasteiger charge is -1.98. The van der Waals surface area contributed by atoms with Crippen LogP contribution < -0.4 is 5.73 Å². The molecule has 0 bridgehead atoms. The molecule has 1 aromatic heterocycles. The smallest absolute Gasteiger partial charge is 0.141 e. The molecule has 2 rings (SSSR count). The first kappa shape index (κ1) is 9.15. The van der Waals surface area contributed by atoms with E-state index in [2.05, 4.69) is 5.10 Å². The lowest BCUT2D eigenvalue weighted by molar-refractivity contribution is 0.838. The van der Waals surface area contributed by atoms with Gasteiger partial charge in [0.2, 0.25) is 0 Å². The van der Waals surface area contributed by atoms with E-state index in [0.717, 1.165) is 16.4 Å². The summed E-state index contributed by atoms with van der Waals surface area (Å²) < 4.78 is 1.79. The van der Waals surface area contributed by atoms with E-state index in [1.54, 1.807) is 16.4 Å². The molecule has 0 spiro atoms. The lowest BCUT2D eigenvalue weighted by atomic mass is 10.3. The van der Waals surface area contributed by atoms with Crippen LogP contribution in [0.15, 0.2) is 41.6 Å². The van der Waals surface area contributed by atoms with Crippen LogP contribution in [-0.4, -0.2) is 16.0 Å². The first-order valence-corrected chi connectivity index (χ1v) is 5.48. The van der Waals surface area contributed by atoms with Crippen molar-refractivity contribution in [1.29, 1.82) is 0 Å². The molecule has 0 fully saturated rings. The average molecular weight is 205 g/mol. The van der Waals surface area contributed by atoms with Crippen LogP contribution in [0.2, 0.25) is 0 Å². The second kappa shape index (κ2) is 3.75. The van der Waals surface area contributed by atoms with Crippen molar-refractivity contribution < 1.29 is 0 Å². The summed E-state index contributed by atoms with van der Waals surface area (Å²) in [5, 5.41) is 5.22. The molecule has 0 aliphatic rings. The number of para-hydroxylation sites is 1. The van der Waals surface area contributed by atoms with Gasteiger partial charge in [-0.15, -0.1) is 11.8 Å². The molecule has 0 unspecified atom stereocenters. The zero-order valence-corrected chi connectivity index (χ0v) is 8.66. The Bertz CT molecular complexity index is 422. The quantitative estimate of drug-likeness (QED) is 0.764. The van der Waals surface area contributed by atoms with Gasteiger partial charge in [-0.05, 0) is 18.4 Å². The minimum absolute atomic E-state index is 0.723. The maximum Gasteiger partial charge on any atom is 0.141 e. The molecule has 3 nitrogen and oxygen atoms in total. The Kier molecular flexibility index (Phi) is 2.45. The van der Waals surface area contributed by atoms with Gasteiger partial charge < -0.3 is 5.73 Å². The second-order valence-corrected chi connectivity index (χ2v) is 3.67. The second-order valence-electron chi connectivity index (χ2n) is 2.87. The zero-order valence-electron chi connectivity index (χ0n) is 7.84. The van der Waals surface area contributed by atoms with Crippen molar-refractivity contribution in [2.75, 3.05) is 12.0 Å². The summed E-state index contributed by atoms with van der Waals surface area (Å²) in [6.45, 7) is 0. The molecule has 2 aromatic rings. The van der Waals surface area contributed by atoms with Crippen molar-refractivity contribution >= 4 is 17.4 Å². The molecule has 4 heteroatoms. The van der Waals surface area contributed by atoms with Crippen LogP contribution in [0.3, 0.4) is 0 Å². The van der Waals surface area contributed by atoms with Crippen LogP contribution >= 0.6 is 11.8 Å². The van der Waals surface area contributed by atoms with E-state index in [0.29, 0.717) is 0 Å². The molecule has 0 atom stereocenters. The number of benzene rings is 1. The average Bonchev–Trinajstić information content (AvgIpc) is 2.61. The first-order chi connectivity index (χ1) is 6.81. The predicted molar refractivity (Wildman–Crippen MR) is 59.8 cm³/mol. The monoisotopic (exact) mass is 205 g/mol. The van der Waals surface area contributed by atoms with E-state index < -0.39 is 0 Å². The minimum Gasteiger partial charge on any atom is -0.395 e. The predicted octanol–water partition coefficient (Wildman–Crippen LogP) is 2.18. The first-order valence-electron chi connectivity index (χ1n) is 4.26. The summed E-state index contributed by atoms with van der Waals surface area (Å²) in [6.07, 6.45) is 3.80. The fourth-order valence-corrected chi connectivity index (χ4v) is 1.70. The van der Waals surface area contributed by atoms with Gasteiger partial charge in [-0.1, -0.05) is 18.2 Å². The number of nitrogens with zero attached hydrogens (tertiary/aromatic N) is 2. The number of nitrogen functional groups attached to an aromatic ring is 1. The third-order valence-electron chi connectivity index (χ3n) is 1.92. The number of nitrogens with two attached hydrogens (primary N) is 1. The van der Waals surface area contributed by atoms with E-state index in [-0.39, 0.29) is 0 Å². The van der Waals surface area contributed by atoms with Crippen molar-refractivity contribution in [3.63, 3.8) is 0 Å². The molecule has 0 radical (unpaired) electrons. The molecule has 0 aliphatic carbocycles. The van der Waals surface area contributed by atoms with E-state index in [4.69, 9.17) is 5.73 Å². The Morgan fingerprint density at radius 2 is 2.00 bits per heavy atom. The molecule has 0 amide bonds.